The topological polar surface area (TPSA) is 46.2 Å². The maximum atomic E-state index is 13.8. The molecule has 1 aromatic rings. The predicted octanol–water partition coefficient (Wildman–Crippen LogP) is 4.27. The van der Waals surface area contributed by atoms with Crippen LogP contribution in [0.1, 0.15) is 38.0 Å². The van der Waals surface area contributed by atoms with Gasteiger partial charge in [-0.1, -0.05) is 25.8 Å². The van der Waals surface area contributed by atoms with Gasteiger partial charge in [0.15, 0.2) is 24.1 Å². The molecule has 1 aromatic carbocycles. The zero-order valence-corrected chi connectivity index (χ0v) is 15.2. The predicted molar refractivity (Wildman–Crippen MR) is 89.9 cm³/mol. The molecule has 27 heavy (non-hydrogen) atoms. The standard InChI is InChI=1S/C19H25F3O5/c1-2-3-4-12-8-23-18(24-9-12)14-10-25-17(26-11-14)13-5-6-16(15(20)7-13)27-19(21)22/h5-7,12,14,17-19H,2-4,8-11H2,1H3. The first-order chi connectivity index (χ1) is 13.1. The molecule has 3 rings (SSSR count). The molecule has 0 radical (unpaired) electrons. The fourth-order valence-electron chi connectivity index (χ4n) is 3.21. The highest BCUT2D eigenvalue weighted by Gasteiger charge is 2.34. The van der Waals surface area contributed by atoms with Gasteiger partial charge in [-0.15, -0.1) is 0 Å². The van der Waals surface area contributed by atoms with Crippen molar-refractivity contribution < 1.29 is 36.9 Å². The Morgan fingerprint density at radius 2 is 1.78 bits per heavy atom. The molecule has 2 heterocycles. The van der Waals surface area contributed by atoms with Gasteiger partial charge in [0.05, 0.1) is 32.3 Å². The van der Waals surface area contributed by atoms with Gasteiger partial charge in [-0.3, -0.25) is 0 Å². The van der Waals surface area contributed by atoms with Gasteiger partial charge >= 0.3 is 6.61 Å². The highest BCUT2D eigenvalue weighted by Crippen LogP contribution is 2.31. The molecule has 0 atom stereocenters. The van der Waals surface area contributed by atoms with Gasteiger partial charge in [0.1, 0.15) is 0 Å². The summed E-state index contributed by atoms with van der Waals surface area (Å²) >= 11 is 0. The molecule has 0 saturated carbocycles. The maximum Gasteiger partial charge on any atom is 0.387 e. The Hall–Kier alpha value is -1.35. The number of unbranched alkanes of at least 4 members (excludes halogenated alkanes) is 1. The minimum absolute atomic E-state index is 0.0698. The van der Waals surface area contributed by atoms with Gasteiger partial charge in [-0.05, 0) is 18.6 Å². The van der Waals surface area contributed by atoms with Crippen LogP contribution < -0.4 is 4.74 Å². The van der Waals surface area contributed by atoms with Crippen molar-refractivity contribution in [1.82, 2.24) is 0 Å². The van der Waals surface area contributed by atoms with Crippen LogP contribution in [0.25, 0.3) is 0 Å². The number of benzene rings is 1. The smallest absolute Gasteiger partial charge is 0.387 e. The zero-order valence-electron chi connectivity index (χ0n) is 15.2. The molecule has 2 fully saturated rings. The molecule has 5 nitrogen and oxygen atoms in total. The summed E-state index contributed by atoms with van der Waals surface area (Å²) in [4.78, 5) is 0. The van der Waals surface area contributed by atoms with Gasteiger partial charge in [0, 0.05) is 11.5 Å². The van der Waals surface area contributed by atoms with Crippen LogP contribution in [0.3, 0.4) is 0 Å². The molecule has 0 aliphatic carbocycles. The van der Waals surface area contributed by atoms with Gasteiger partial charge in [0.2, 0.25) is 0 Å². The van der Waals surface area contributed by atoms with E-state index < -0.39 is 24.5 Å². The van der Waals surface area contributed by atoms with Crippen molar-refractivity contribution in [1.29, 1.82) is 0 Å². The van der Waals surface area contributed by atoms with Crippen molar-refractivity contribution >= 4 is 0 Å². The van der Waals surface area contributed by atoms with E-state index in [0.29, 0.717) is 37.9 Å². The van der Waals surface area contributed by atoms with Gasteiger partial charge in [-0.25, -0.2) is 4.39 Å². The zero-order chi connectivity index (χ0) is 19.2. The highest BCUT2D eigenvalue weighted by atomic mass is 19.3. The fourth-order valence-corrected chi connectivity index (χ4v) is 3.21. The first kappa shape index (κ1) is 20.4. The van der Waals surface area contributed by atoms with E-state index in [1.807, 2.05) is 0 Å². The number of ether oxygens (including phenoxy) is 5. The number of halogens is 3. The Kier molecular flexibility index (Phi) is 7.34. The summed E-state index contributed by atoms with van der Waals surface area (Å²) in [7, 11) is 0. The van der Waals surface area contributed by atoms with E-state index in [1.165, 1.54) is 6.07 Å². The molecule has 0 spiro atoms. The average molecular weight is 390 g/mol. The van der Waals surface area contributed by atoms with E-state index in [0.717, 1.165) is 31.4 Å². The molecule has 0 aromatic heterocycles. The summed E-state index contributed by atoms with van der Waals surface area (Å²) in [6.07, 6.45) is 2.28. The average Bonchev–Trinajstić information content (AvgIpc) is 2.68. The van der Waals surface area contributed by atoms with E-state index >= 15 is 0 Å². The van der Waals surface area contributed by atoms with E-state index in [9.17, 15) is 13.2 Å². The molecule has 8 heteroatoms. The van der Waals surface area contributed by atoms with Gasteiger partial charge < -0.3 is 23.7 Å². The molecule has 0 unspecified atom stereocenters. The molecule has 2 saturated heterocycles. The summed E-state index contributed by atoms with van der Waals surface area (Å²) in [5, 5.41) is 0. The molecule has 0 amide bonds. The van der Waals surface area contributed by atoms with E-state index in [1.54, 1.807) is 0 Å². The van der Waals surface area contributed by atoms with Gasteiger partial charge in [0.25, 0.3) is 0 Å². The van der Waals surface area contributed by atoms with Crippen LogP contribution in [0.2, 0.25) is 0 Å². The van der Waals surface area contributed by atoms with E-state index in [2.05, 4.69) is 11.7 Å². The molecular weight excluding hydrogens is 365 g/mol. The Balaban J connectivity index is 1.47. The molecule has 2 aliphatic rings. The summed E-state index contributed by atoms with van der Waals surface area (Å²) in [6.45, 7) is 1.09. The monoisotopic (exact) mass is 390 g/mol. The molecule has 0 bridgehead atoms. The largest absolute Gasteiger partial charge is 0.432 e. The third kappa shape index (κ3) is 5.57. The quantitative estimate of drug-likeness (QED) is 0.696. The Labute approximate surface area is 156 Å². The number of alkyl halides is 2. The van der Waals surface area contributed by atoms with Crippen LogP contribution in [0.15, 0.2) is 18.2 Å². The molecular formula is C19H25F3O5. The lowest BCUT2D eigenvalue weighted by Crippen LogP contribution is -2.43. The Morgan fingerprint density at radius 3 is 2.37 bits per heavy atom. The third-order valence-electron chi connectivity index (χ3n) is 4.71. The van der Waals surface area contributed by atoms with Crippen LogP contribution in [0.4, 0.5) is 13.2 Å². The number of hydrogen-bond donors (Lipinski definition) is 0. The van der Waals surface area contributed by atoms with Crippen LogP contribution in [0, 0.1) is 17.7 Å². The second kappa shape index (κ2) is 9.73. The van der Waals surface area contributed by atoms with Crippen LogP contribution in [-0.2, 0) is 18.9 Å². The maximum absolute atomic E-state index is 13.8. The SMILES string of the molecule is CCCCC1COC(C2COC(c3ccc(OC(F)F)c(F)c3)OC2)OC1. The second-order valence-electron chi connectivity index (χ2n) is 6.87. The lowest BCUT2D eigenvalue weighted by molar-refractivity contribution is -0.283. The normalized spacial score (nSPS) is 29.1. The molecule has 152 valence electrons. The fraction of sp³-hybridized carbons (Fsp3) is 0.684. The molecule has 2 aliphatic heterocycles. The number of hydrogen-bond acceptors (Lipinski definition) is 5. The first-order valence-corrected chi connectivity index (χ1v) is 9.27. The Morgan fingerprint density at radius 1 is 1.07 bits per heavy atom. The Bertz CT molecular complexity index is 585. The van der Waals surface area contributed by atoms with E-state index in [-0.39, 0.29) is 12.2 Å². The van der Waals surface area contributed by atoms with Crippen molar-refractivity contribution in [2.24, 2.45) is 11.8 Å². The summed E-state index contributed by atoms with van der Waals surface area (Å²) < 4.78 is 65.3. The lowest BCUT2D eigenvalue weighted by Gasteiger charge is -2.37. The van der Waals surface area contributed by atoms with Crippen molar-refractivity contribution in [3.8, 4) is 5.75 Å². The lowest BCUT2D eigenvalue weighted by atomic mass is 10.0. The first-order valence-electron chi connectivity index (χ1n) is 9.27. The minimum Gasteiger partial charge on any atom is -0.432 e. The van der Waals surface area contributed by atoms with Crippen LogP contribution in [-0.4, -0.2) is 39.3 Å². The van der Waals surface area contributed by atoms with Crippen LogP contribution >= 0.6 is 0 Å². The summed E-state index contributed by atoms with van der Waals surface area (Å²) in [5.74, 6) is -1.04. The third-order valence-corrected chi connectivity index (χ3v) is 4.71. The molecule has 0 N–H and O–H groups in total. The minimum atomic E-state index is -3.08. The van der Waals surface area contributed by atoms with Crippen LogP contribution in [0.5, 0.6) is 5.75 Å². The van der Waals surface area contributed by atoms with Gasteiger partial charge in [-0.2, -0.15) is 8.78 Å². The van der Waals surface area contributed by atoms with Crippen molar-refractivity contribution in [2.45, 2.75) is 45.4 Å². The van der Waals surface area contributed by atoms with Crippen molar-refractivity contribution in [2.75, 3.05) is 26.4 Å². The van der Waals surface area contributed by atoms with E-state index in [4.69, 9.17) is 18.9 Å². The second-order valence-corrected chi connectivity index (χ2v) is 6.87. The van der Waals surface area contributed by atoms with Crippen molar-refractivity contribution in [3.63, 3.8) is 0 Å². The number of rotatable bonds is 7. The summed E-state index contributed by atoms with van der Waals surface area (Å²) in [6, 6.07) is 3.66. The summed E-state index contributed by atoms with van der Waals surface area (Å²) in [5.41, 5.74) is 0.401. The van der Waals surface area contributed by atoms with Crippen molar-refractivity contribution in [3.05, 3.63) is 29.6 Å². The highest BCUT2D eigenvalue weighted by molar-refractivity contribution is 5.30.